The zero-order valence-electron chi connectivity index (χ0n) is 9.60. The van der Waals surface area contributed by atoms with Crippen LogP contribution in [-0.4, -0.2) is 30.5 Å². The van der Waals surface area contributed by atoms with Gasteiger partial charge in [0.15, 0.2) is 0 Å². The van der Waals surface area contributed by atoms with Gasteiger partial charge in [-0.3, -0.25) is 5.32 Å². The molecule has 0 aliphatic carbocycles. The van der Waals surface area contributed by atoms with Crippen LogP contribution in [0.15, 0.2) is 24.3 Å². The highest BCUT2D eigenvalue weighted by Crippen LogP contribution is 2.26. The largest absolute Gasteiger partial charge is 0.497 e. The minimum absolute atomic E-state index is 0.467. The molecule has 2 N–H and O–H groups in total. The molecule has 0 radical (unpaired) electrons. The Bertz CT molecular complexity index is 395. The van der Waals surface area contributed by atoms with Gasteiger partial charge in [-0.2, -0.15) is 0 Å². The number of benzene rings is 1. The lowest BCUT2D eigenvalue weighted by molar-refractivity contribution is -0.157. The van der Waals surface area contributed by atoms with Gasteiger partial charge in [0.2, 0.25) is 0 Å². The van der Waals surface area contributed by atoms with E-state index in [1.54, 1.807) is 31.4 Å². The summed E-state index contributed by atoms with van der Waals surface area (Å²) in [5.41, 5.74) is -1.28. The van der Waals surface area contributed by atoms with E-state index in [4.69, 9.17) is 9.47 Å². The molecule has 2 rings (SSSR count). The monoisotopic (exact) mass is 237 g/mol. The molecule has 0 bridgehead atoms. The first-order valence-corrected chi connectivity index (χ1v) is 5.48. The number of rotatable bonds is 4. The number of methoxy groups -OCH3 is 1. The molecule has 1 aliphatic heterocycles. The molecule has 92 valence electrons. The van der Waals surface area contributed by atoms with Gasteiger partial charge in [0.05, 0.1) is 7.11 Å². The molecule has 5 heteroatoms. The third-order valence-corrected chi connectivity index (χ3v) is 2.81. The topological polar surface area (TPSA) is 67.8 Å². The Balaban J connectivity index is 2.15. The highest BCUT2D eigenvalue weighted by atomic mass is 16.5. The molecule has 0 saturated carbocycles. The van der Waals surface area contributed by atoms with Crippen LogP contribution in [0.2, 0.25) is 0 Å². The van der Waals surface area contributed by atoms with Crippen molar-refractivity contribution in [3.05, 3.63) is 24.3 Å². The van der Waals surface area contributed by atoms with Crippen LogP contribution < -0.4 is 14.8 Å². The molecule has 5 nitrogen and oxygen atoms in total. The predicted molar refractivity (Wildman–Crippen MR) is 61.2 cm³/mol. The fourth-order valence-electron chi connectivity index (χ4n) is 1.87. The standard InChI is InChI=1S/C12H15NO4/c1-16-9-3-5-10(6-4-9)17-12(11(14)15)7-2-8-13-12/h3-6,13H,2,7-8H2,1H3,(H,14,15)/t12-/m1/s1. The van der Waals surface area contributed by atoms with Crippen LogP contribution in [0, 0.1) is 0 Å². The van der Waals surface area contributed by atoms with Crippen LogP contribution in [0.5, 0.6) is 11.5 Å². The molecule has 1 heterocycles. The summed E-state index contributed by atoms with van der Waals surface area (Å²) in [6, 6.07) is 6.87. The molecule has 1 aromatic rings. The smallest absolute Gasteiger partial charge is 0.363 e. The second-order valence-corrected chi connectivity index (χ2v) is 3.94. The lowest BCUT2D eigenvalue weighted by Crippen LogP contribution is -2.52. The average Bonchev–Trinajstić information content (AvgIpc) is 2.80. The van der Waals surface area contributed by atoms with Gasteiger partial charge < -0.3 is 14.6 Å². The molecule has 1 aromatic carbocycles. The summed E-state index contributed by atoms with van der Waals surface area (Å²) in [5.74, 6) is 0.245. The Hall–Kier alpha value is -1.75. The number of ether oxygens (including phenoxy) is 2. The Labute approximate surface area is 99.3 Å². The number of carbonyl (C=O) groups is 1. The summed E-state index contributed by atoms with van der Waals surface area (Å²) < 4.78 is 10.6. The number of hydrogen-bond donors (Lipinski definition) is 2. The van der Waals surface area contributed by atoms with Crippen LogP contribution in [-0.2, 0) is 4.79 Å². The first-order chi connectivity index (χ1) is 8.16. The van der Waals surface area contributed by atoms with E-state index in [2.05, 4.69) is 5.32 Å². The summed E-state index contributed by atoms with van der Waals surface area (Å²) in [4.78, 5) is 11.2. The van der Waals surface area contributed by atoms with Crippen molar-refractivity contribution < 1.29 is 19.4 Å². The summed E-state index contributed by atoms with van der Waals surface area (Å²) in [6.07, 6.45) is 1.26. The maximum absolute atomic E-state index is 11.2. The molecule has 0 unspecified atom stereocenters. The molecule has 0 aromatic heterocycles. The summed E-state index contributed by atoms with van der Waals surface area (Å²) in [6.45, 7) is 0.655. The van der Waals surface area contributed by atoms with Crippen LogP contribution in [0.3, 0.4) is 0 Å². The fourth-order valence-corrected chi connectivity index (χ4v) is 1.87. The van der Waals surface area contributed by atoms with E-state index in [9.17, 15) is 9.90 Å². The van der Waals surface area contributed by atoms with Gasteiger partial charge in [-0.15, -0.1) is 0 Å². The molecule has 0 amide bonds. The van der Waals surface area contributed by atoms with Gasteiger partial charge in [-0.1, -0.05) is 0 Å². The lowest BCUT2D eigenvalue weighted by atomic mass is 10.1. The van der Waals surface area contributed by atoms with E-state index in [0.717, 1.165) is 6.42 Å². The van der Waals surface area contributed by atoms with E-state index < -0.39 is 11.7 Å². The Kier molecular flexibility index (Phi) is 3.19. The van der Waals surface area contributed by atoms with Crippen molar-refractivity contribution in [2.45, 2.75) is 18.6 Å². The normalized spacial score (nSPS) is 23.4. The van der Waals surface area contributed by atoms with Gasteiger partial charge in [-0.25, -0.2) is 4.79 Å². The van der Waals surface area contributed by atoms with Gasteiger partial charge in [-0.05, 0) is 37.2 Å². The van der Waals surface area contributed by atoms with Crippen molar-refractivity contribution in [2.75, 3.05) is 13.7 Å². The Morgan fingerprint density at radius 2 is 2.00 bits per heavy atom. The Morgan fingerprint density at radius 3 is 2.47 bits per heavy atom. The van der Waals surface area contributed by atoms with Crippen LogP contribution in [0.1, 0.15) is 12.8 Å². The number of hydrogen-bond acceptors (Lipinski definition) is 4. The quantitative estimate of drug-likeness (QED) is 0.824. The first kappa shape index (κ1) is 11.7. The van der Waals surface area contributed by atoms with Crippen molar-refractivity contribution in [3.63, 3.8) is 0 Å². The molecule has 1 fully saturated rings. The van der Waals surface area contributed by atoms with Gasteiger partial charge in [0.25, 0.3) is 5.72 Å². The van der Waals surface area contributed by atoms with E-state index in [-0.39, 0.29) is 0 Å². The molecular weight excluding hydrogens is 222 g/mol. The van der Waals surface area contributed by atoms with Crippen molar-refractivity contribution >= 4 is 5.97 Å². The number of carboxylic acids is 1. The fraction of sp³-hybridized carbons (Fsp3) is 0.417. The van der Waals surface area contributed by atoms with Crippen molar-refractivity contribution in [2.24, 2.45) is 0 Å². The number of aliphatic carboxylic acids is 1. The van der Waals surface area contributed by atoms with Crippen molar-refractivity contribution in [1.82, 2.24) is 5.32 Å². The zero-order valence-corrected chi connectivity index (χ0v) is 9.60. The van der Waals surface area contributed by atoms with E-state index in [1.807, 2.05) is 0 Å². The number of nitrogens with one attached hydrogen (secondary N) is 1. The Morgan fingerprint density at radius 1 is 1.35 bits per heavy atom. The van der Waals surface area contributed by atoms with Crippen LogP contribution in [0.4, 0.5) is 0 Å². The van der Waals surface area contributed by atoms with E-state index in [0.29, 0.717) is 24.5 Å². The molecule has 1 aliphatic rings. The predicted octanol–water partition coefficient (Wildman–Crippen LogP) is 1.24. The van der Waals surface area contributed by atoms with E-state index in [1.165, 1.54) is 0 Å². The van der Waals surface area contributed by atoms with Gasteiger partial charge >= 0.3 is 5.97 Å². The zero-order chi connectivity index (χ0) is 12.3. The maximum atomic E-state index is 11.2. The van der Waals surface area contributed by atoms with Crippen LogP contribution in [0.25, 0.3) is 0 Å². The number of carboxylic acid groups (broad SMARTS) is 1. The molecule has 0 spiro atoms. The van der Waals surface area contributed by atoms with Gasteiger partial charge in [0.1, 0.15) is 11.5 Å². The minimum Gasteiger partial charge on any atom is -0.497 e. The maximum Gasteiger partial charge on any atom is 0.363 e. The molecule has 1 atom stereocenters. The van der Waals surface area contributed by atoms with Crippen molar-refractivity contribution in [1.29, 1.82) is 0 Å². The van der Waals surface area contributed by atoms with Crippen molar-refractivity contribution in [3.8, 4) is 11.5 Å². The first-order valence-electron chi connectivity index (χ1n) is 5.48. The second kappa shape index (κ2) is 4.63. The average molecular weight is 237 g/mol. The van der Waals surface area contributed by atoms with Crippen LogP contribution >= 0.6 is 0 Å². The summed E-state index contributed by atoms with van der Waals surface area (Å²) in [5, 5.41) is 12.1. The highest BCUT2D eigenvalue weighted by Gasteiger charge is 2.43. The lowest BCUT2D eigenvalue weighted by Gasteiger charge is -2.25. The summed E-state index contributed by atoms with van der Waals surface area (Å²) in [7, 11) is 1.58. The molecule has 17 heavy (non-hydrogen) atoms. The molecular formula is C12H15NO4. The summed E-state index contributed by atoms with van der Waals surface area (Å²) >= 11 is 0. The highest BCUT2D eigenvalue weighted by molar-refractivity contribution is 5.77. The molecule has 1 saturated heterocycles. The SMILES string of the molecule is COc1ccc(O[C@@]2(C(=O)O)CCCN2)cc1. The second-order valence-electron chi connectivity index (χ2n) is 3.94. The third-order valence-electron chi connectivity index (χ3n) is 2.81. The van der Waals surface area contributed by atoms with E-state index >= 15 is 0 Å². The third kappa shape index (κ3) is 2.34. The minimum atomic E-state index is -1.28. The van der Waals surface area contributed by atoms with Gasteiger partial charge in [0, 0.05) is 6.42 Å².